The van der Waals surface area contributed by atoms with Crippen LogP contribution >= 0.6 is 34.0 Å². The number of hydrogen-bond donors (Lipinski definition) is 0. The van der Waals surface area contributed by atoms with Gasteiger partial charge in [0.1, 0.15) is 0 Å². The zero-order valence-corrected chi connectivity index (χ0v) is 79.0. The van der Waals surface area contributed by atoms with Gasteiger partial charge in [0.15, 0.2) is 0 Å². The zero-order valence-electron chi connectivity index (χ0n) is 76.6. The van der Waals surface area contributed by atoms with Gasteiger partial charge >= 0.3 is 0 Å². The smallest absolute Gasteiger partial charge is 0.0440 e. The summed E-state index contributed by atoms with van der Waals surface area (Å²) in [5.41, 5.74) is 17.8. The predicted octanol–water partition coefficient (Wildman–Crippen LogP) is 41.1. The number of thiophene rings is 3. The Morgan fingerprint density at radius 3 is 0.631 bits per heavy atom. The number of rotatable bonds is 7. The maximum absolute atomic E-state index is 2.46. The van der Waals surface area contributed by atoms with Gasteiger partial charge in [0, 0.05) is 76.7 Å². The lowest BCUT2D eigenvalue weighted by Gasteiger charge is -2.18. The van der Waals surface area contributed by atoms with Crippen molar-refractivity contribution in [2.75, 3.05) is 0 Å². The number of fused-ring (bicyclic) bond motifs is 34. The molecule has 0 amide bonds. The summed E-state index contributed by atoms with van der Waals surface area (Å²) in [6, 6.07) is 184. The minimum Gasteiger partial charge on any atom is -0.135 e. The quantitative estimate of drug-likeness (QED) is 0.110. The highest BCUT2D eigenvalue weighted by Crippen LogP contribution is 2.55. The molecule has 31 rings (SSSR count). The molecule has 3 heterocycles. The first-order valence-electron chi connectivity index (χ1n) is 48.6. The third-order valence-electron chi connectivity index (χ3n) is 30.1. The Kier molecular flexibility index (Phi) is 18.8. The van der Waals surface area contributed by atoms with Crippen LogP contribution in [0.1, 0.15) is 0 Å². The van der Waals surface area contributed by atoms with E-state index in [1.165, 1.54) is 300 Å². The summed E-state index contributed by atoms with van der Waals surface area (Å²) in [4.78, 5) is 0. The Morgan fingerprint density at radius 1 is 0.0993 bits per heavy atom. The maximum atomic E-state index is 2.46. The fourth-order valence-corrected chi connectivity index (χ4v) is 27.6. The van der Waals surface area contributed by atoms with E-state index in [0.717, 1.165) is 0 Å². The Labute approximate surface area is 824 Å². The van der Waals surface area contributed by atoms with E-state index in [1.54, 1.807) is 0 Å². The van der Waals surface area contributed by atoms with Crippen LogP contribution in [0.25, 0.3) is 300 Å². The van der Waals surface area contributed by atoms with Crippen LogP contribution in [0.5, 0.6) is 0 Å². The third kappa shape index (κ3) is 12.9. The molecule has 141 heavy (non-hydrogen) atoms. The third-order valence-corrected chi connectivity index (χ3v) is 33.7. The second-order valence-corrected chi connectivity index (χ2v) is 40.7. The van der Waals surface area contributed by atoms with Crippen molar-refractivity contribution in [2.24, 2.45) is 0 Å². The lowest BCUT2D eigenvalue weighted by Crippen LogP contribution is -1.91. The molecule has 3 heteroatoms. The highest BCUT2D eigenvalue weighted by molar-refractivity contribution is 7.28. The summed E-state index contributed by atoms with van der Waals surface area (Å²) in [5.74, 6) is 0. The first-order valence-corrected chi connectivity index (χ1v) is 51.1. The standard InChI is InChI=1S/C48H28S.C46H28S.C44H26S/c1-2-12-33-29(11-1)21-22-30-23-24-31(27-42(30)33)45-37-16-6-8-18-39(37)46(40-19-9-7-17-38(40)45)32-25-26-44-43(28-32)47-36-15-5-3-13-34(36)35-14-4-10-20-41(35)48(47)49-44;1-2-12-29(13-3-1)30-22-24-31(25-23-30)43-36-17-7-9-19-38(36)44(39-20-10-8-18-37(39)43)32-26-27-42-41(28-32)45-35-16-6-4-14-33(35)34-15-5-11-21-40(34)46(45)47-42;1-2-12-28-25-29(22-21-27(28)11-1)41-34-16-6-8-18-36(34)42(37-19-9-7-17-35(37)41)30-23-24-40-39(26-30)43-33-15-5-3-13-31(33)32-14-4-10-20-38(32)44(43)45-40/h1-28H;1-28H;1-26H. The van der Waals surface area contributed by atoms with Crippen molar-refractivity contribution in [1.82, 2.24) is 0 Å². The van der Waals surface area contributed by atoms with Crippen LogP contribution in [-0.2, 0) is 0 Å². The van der Waals surface area contributed by atoms with E-state index < -0.39 is 0 Å². The molecule has 31 aromatic rings. The second kappa shape index (κ2) is 32.7. The van der Waals surface area contributed by atoms with Gasteiger partial charge in [0.25, 0.3) is 0 Å². The van der Waals surface area contributed by atoms with Crippen LogP contribution in [-0.4, -0.2) is 0 Å². The van der Waals surface area contributed by atoms with Crippen molar-refractivity contribution in [2.45, 2.75) is 0 Å². The molecule has 0 spiro atoms. The lowest BCUT2D eigenvalue weighted by atomic mass is 9.85. The average Bonchev–Trinajstić information content (AvgIpc) is 1.67. The molecular formula is C138H82S3. The average molecular weight is 1840 g/mol. The normalized spacial score (nSPS) is 12.0. The van der Waals surface area contributed by atoms with E-state index in [2.05, 4.69) is 497 Å². The molecule has 0 radical (unpaired) electrons. The maximum Gasteiger partial charge on any atom is 0.0440 e. The van der Waals surface area contributed by atoms with Gasteiger partial charge in [-0.2, -0.15) is 0 Å². The van der Waals surface area contributed by atoms with E-state index in [1.807, 2.05) is 34.0 Å². The minimum absolute atomic E-state index is 1.23. The molecule has 0 saturated carbocycles. The molecule has 0 atom stereocenters. The van der Waals surface area contributed by atoms with E-state index >= 15 is 0 Å². The Morgan fingerprint density at radius 2 is 0.298 bits per heavy atom. The van der Waals surface area contributed by atoms with Crippen molar-refractivity contribution in [3.63, 3.8) is 0 Å². The van der Waals surface area contributed by atoms with Gasteiger partial charge in [-0.05, 0) is 272 Å². The summed E-state index contributed by atoms with van der Waals surface area (Å²) in [6.07, 6.45) is 0. The van der Waals surface area contributed by atoms with Crippen molar-refractivity contribution in [1.29, 1.82) is 0 Å². The lowest BCUT2D eigenvalue weighted by molar-refractivity contribution is 1.61. The first-order chi connectivity index (χ1) is 70.0. The molecule has 3 aromatic heterocycles. The van der Waals surface area contributed by atoms with Crippen LogP contribution < -0.4 is 0 Å². The molecule has 0 bridgehead atoms. The highest BCUT2D eigenvalue weighted by Gasteiger charge is 2.26. The highest BCUT2D eigenvalue weighted by atomic mass is 32.1. The topological polar surface area (TPSA) is 0 Å². The molecule has 0 aliphatic heterocycles. The monoisotopic (exact) mass is 1830 g/mol. The molecule has 0 nitrogen and oxygen atoms in total. The summed E-state index contributed by atoms with van der Waals surface area (Å²) in [5, 5.41) is 47.1. The summed E-state index contributed by atoms with van der Waals surface area (Å²) in [7, 11) is 0. The van der Waals surface area contributed by atoms with Gasteiger partial charge in [0.2, 0.25) is 0 Å². The van der Waals surface area contributed by atoms with Crippen molar-refractivity contribution >= 4 is 256 Å². The summed E-state index contributed by atoms with van der Waals surface area (Å²) in [6.45, 7) is 0. The van der Waals surface area contributed by atoms with E-state index in [0.29, 0.717) is 0 Å². The Hall–Kier alpha value is -17.3. The molecular weight excluding hydrogens is 1750 g/mol. The molecule has 28 aromatic carbocycles. The number of hydrogen-bond acceptors (Lipinski definition) is 3. The Bertz CT molecular complexity index is 10600. The largest absolute Gasteiger partial charge is 0.135 e. The fraction of sp³-hybridized carbons (Fsp3) is 0. The van der Waals surface area contributed by atoms with E-state index in [4.69, 9.17) is 0 Å². The molecule has 0 unspecified atom stereocenters. The van der Waals surface area contributed by atoms with Crippen LogP contribution in [0.3, 0.4) is 0 Å². The van der Waals surface area contributed by atoms with Gasteiger partial charge in [-0.25, -0.2) is 0 Å². The zero-order chi connectivity index (χ0) is 92.4. The predicted molar refractivity (Wildman–Crippen MR) is 619 cm³/mol. The van der Waals surface area contributed by atoms with Gasteiger partial charge in [-0.1, -0.05) is 449 Å². The van der Waals surface area contributed by atoms with Gasteiger partial charge < -0.3 is 0 Å². The number of benzene rings is 28. The molecule has 0 aliphatic carbocycles. The molecule has 0 N–H and O–H groups in total. The van der Waals surface area contributed by atoms with Crippen LogP contribution in [0, 0.1) is 0 Å². The molecule has 0 fully saturated rings. The van der Waals surface area contributed by atoms with Crippen LogP contribution in [0.2, 0.25) is 0 Å². The van der Waals surface area contributed by atoms with Crippen LogP contribution in [0.15, 0.2) is 497 Å². The SMILES string of the molecule is c1ccc(-c2ccc(-c3c4ccccc4c(-c4ccc5sc6c7ccccc7c7ccccc7c6c5c4)c4ccccc34)cc2)cc1.c1ccc2c(c1)ccc1ccc(-c3c4ccccc4c(-c4ccc5sc6c7ccccc7c7ccccc7c6c5c4)c4ccccc34)cc12.c1ccc2cc(-c3c4ccccc4c(-c4ccc5sc6c7ccccc7c7ccccc7c6c5c4)c4ccccc34)ccc2c1. The van der Waals surface area contributed by atoms with E-state index in [-0.39, 0.29) is 0 Å². The second-order valence-electron chi connectivity index (χ2n) is 37.6. The van der Waals surface area contributed by atoms with Crippen molar-refractivity contribution in [3.05, 3.63) is 497 Å². The van der Waals surface area contributed by atoms with Gasteiger partial charge in [-0.15, -0.1) is 34.0 Å². The fourth-order valence-electron chi connectivity index (χ4n) is 23.9. The molecule has 0 saturated heterocycles. The Balaban J connectivity index is 0.000000101. The van der Waals surface area contributed by atoms with Gasteiger partial charge in [-0.3, -0.25) is 0 Å². The van der Waals surface area contributed by atoms with E-state index in [9.17, 15) is 0 Å². The molecule has 652 valence electrons. The summed E-state index contributed by atoms with van der Waals surface area (Å²) >= 11 is 5.75. The summed E-state index contributed by atoms with van der Waals surface area (Å²) < 4.78 is 8.10. The van der Waals surface area contributed by atoms with Crippen LogP contribution in [0.4, 0.5) is 0 Å². The molecule has 0 aliphatic rings. The minimum atomic E-state index is 1.23. The van der Waals surface area contributed by atoms with Crippen molar-refractivity contribution in [3.8, 4) is 77.9 Å². The van der Waals surface area contributed by atoms with Gasteiger partial charge in [0.05, 0.1) is 0 Å². The van der Waals surface area contributed by atoms with Crippen molar-refractivity contribution < 1.29 is 0 Å². The first kappa shape index (κ1) is 80.9.